The van der Waals surface area contributed by atoms with Crippen LogP contribution in [0.25, 0.3) is 6.08 Å². The number of benzene rings is 2. The maximum atomic E-state index is 13.4. The molecule has 0 heterocycles. The number of alkyl halides is 3. The number of anilines is 1. The topological polar surface area (TPSA) is 74.7 Å². The van der Waals surface area contributed by atoms with E-state index in [0.717, 1.165) is 19.2 Å². The molecule has 1 N–H and O–H groups in total. The van der Waals surface area contributed by atoms with Crippen LogP contribution in [-0.2, 0) is 21.0 Å². The molecule has 10 heteroatoms. The fraction of sp³-hybridized carbons (Fsp3) is 0.118. The largest absolute Gasteiger partial charge is 0.478 e. The Bertz CT molecular complexity index is 983. The molecule has 0 saturated carbocycles. The first-order valence-corrected chi connectivity index (χ1v) is 8.73. The summed E-state index contributed by atoms with van der Waals surface area (Å²) < 4.78 is 77.7. The number of halogens is 4. The first kappa shape index (κ1) is 20.4. The minimum Gasteiger partial charge on any atom is -0.478 e. The van der Waals surface area contributed by atoms with E-state index in [4.69, 9.17) is 5.11 Å². The lowest BCUT2D eigenvalue weighted by atomic mass is 10.2. The van der Waals surface area contributed by atoms with Crippen LogP contribution in [0.5, 0.6) is 0 Å². The average molecular weight is 403 g/mol. The minimum atomic E-state index is -4.97. The van der Waals surface area contributed by atoms with Gasteiger partial charge in [0.25, 0.3) is 10.0 Å². The Balaban J connectivity index is 2.38. The van der Waals surface area contributed by atoms with Gasteiger partial charge in [-0.3, -0.25) is 4.31 Å². The third kappa shape index (κ3) is 4.64. The van der Waals surface area contributed by atoms with Crippen molar-refractivity contribution in [1.29, 1.82) is 0 Å². The first-order chi connectivity index (χ1) is 12.4. The van der Waals surface area contributed by atoms with Gasteiger partial charge in [0, 0.05) is 13.1 Å². The van der Waals surface area contributed by atoms with Gasteiger partial charge < -0.3 is 5.11 Å². The summed E-state index contributed by atoms with van der Waals surface area (Å²) in [6.07, 6.45) is -2.85. The van der Waals surface area contributed by atoms with Gasteiger partial charge in [-0.25, -0.2) is 17.6 Å². The number of carboxylic acids is 1. The monoisotopic (exact) mass is 403 g/mol. The second kappa shape index (κ2) is 7.39. The summed E-state index contributed by atoms with van der Waals surface area (Å²) in [5.74, 6) is -2.69. The maximum absolute atomic E-state index is 13.4. The van der Waals surface area contributed by atoms with E-state index in [-0.39, 0.29) is 10.6 Å². The van der Waals surface area contributed by atoms with Crippen molar-refractivity contribution in [3.63, 3.8) is 0 Å². The fourth-order valence-corrected chi connectivity index (χ4v) is 3.33. The van der Waals surface area contributed by atoms with Gasteiger partial charge in [0.1, 0.15) is 5.82 Å². The summed E-state index contributed by atoms with van der Waals surface area (Å²) in [6.45, 7) is 0. The van der Waals surface area contributed by atoms with Crippen molar-refractivity contribution in [2.24, 2.45) is 0 Å². The third-order valence-electron chi connectivity index (χ3n) is 3.58. The molecule has 0 spiro atoms. The second-order valence-electron chi connectivity index (χ2n) is 5.38. The van der Waals surface area contributed by atoms with E-state index >= 15 is 0 Å². The molecular weight excluding hydrogens is 390 g/mol. The van der Waals surface area contributed by atoms with Gasteiger partial charge >= 0.3 is 12.1 Å². The van der Waals surface area contributed by atoms with E-state index in [1.54, 1.807) is 0 Å². The normalized spacial score (nSPS) is 12.3. The zero-order valence-corrected chi connectivity index (χ0v) is 14.6. The number of carbonyl (C=O) groups is 1. The van der Waals surface area contributed by atoms with E-state index in [9.17, 15) is 30.8 Å². The number of carboxylic acid groups (broad SMARTS) is 1. The minimum absolute atomic E-state index is 0.227. The summed E-state index contributed by atoms with van der Waals surface area (Å²) in [5.41, 5.74) is -1.52. The highest BCUT2D eigenvalue weighted by Crippen LogP contribution is 2.34. The summed E-state index contributed by atoms with van der Waals surface area (Å²) >= 11 is 0. The molecule has 0 atom stereocenters. The molecule has 2 aromatic carbocycles. The van der Waals surface area contributed by atoms with Gasteiger partial charge in [-0.1, -0.05) is 12.1 Å². The van der Waals surface area contributed by atoms with Crippen LogP contribution in [0.1, 0.15) is 11.1 Å². The van der Waals surface area contributed by atoms with Gasteiger partial charge in [-0.2, -0.15) is 13.2 Å². The van der Waals surface area contributed by atoms with Crippen LogP contribution in [0, 0.1) is 5.82 Å². The average Bonchev–Trinajstić information content (AvgIpc) is 2.59. The zero-order valence-electron chi connectivity index (χ0n) is 13.7. The predicted molar refractivity (Wildman–Crippen MR) is 90.1 cm³/mol. The Labute approximate surface area is 152 Å². The van der Waals surface area contributed by atoms with Crippen LogP contribution in [0.3, 0.4) is 0 Å². The standard InChI is InChI=1S/C17H13F4NO4S/c1-22(12-5-8-15(18)14(10-12)17(19,20)21)27(25,26)13-6-2-11(3-7-13)4-9-16(23)24/h2-10H,1H3,(H,23,24)/b9-4+. The summed E-state index contributed by atoms with van der Waals surface area (Å²) in [4.78, 5) is 10.2. The fourth-order valence-electron chi connectivity index (χ4n) is 2.14. The number of hydrogen-bond donors (Lipinski definition) is 1. The SMILES string of the molecule is CN(c1ccc(F)c(C(F)(F)F)c1)S(=O)(=O)c1ccc(/C=C/C(=O)O)cc1. The number of nitrogens with zero attached hydrogens (tertiary/aromatic N) is 1. The summed E-state index contributed by atoms with van der Waals surface area (Å²) in [7, 11) is -3.17. The lowest BCUT2D eigenvalue weighted by Crippen LogP contribution is -2.27. The van der Waals surface area contributed by atoms with Crippen molar-refractivity contribution in [3.8, 4) is 0 Å². The van der Waals surface area contributed by atoms with E-state index in [0.29, 0.717) is 22.0 Å². The summed E-state index contributed by atoms with van der Waals surface area (Å²) in [6, 6.07) is 6.92. The third-order valence-corrected chi connectivity index (χ3v) is 5.38. The molecule has 0 aliphatic carbocycles. The number of rotatable bonds is 5. The molecule has 0 aromatic heterocycles. The molecule has 144 valence electrons. The van der Waals surface area contributed by atoms with E-state index in [1.807, 2.05) is 0 Å². The van der Waals surface area contributed by atoms with Crippen molar-refractivity contribution in [1.82, 2.24) is 0 Å². The Hall–Kier alpha value is -2.88. The van der Waals surface area contributed by atoms with Crippen LogP contribution < -0.4 is 4.31 Å². The lowest BCUT2D eigenvalue weighted by Gasteiger charge is -2.21. The Morgan fingerprint density at radius 1 is 1.11 bits per heavy atom. The molecule has 0 saturated heterocycles. The van der Waals surface area contributed by atoms with Crippen LogP contribution in [0.15, 0.2) is 53.4 Å². The Morgan fingerprint density at radius 2 is 1.70 bits per heavy atom. The molecular formula is C17H13F4NO4S. The number of hydrogen-bond acceptors (Lipinski definition) is 3. The van der Waals surface area contributed by atoms with Crippen molar-refractivity contribution < 1.29 is 35.9 Å². The quantitative estimate of drug-likeness (QED) is 0.609. The molecule has 0 aliphatic rings. The van der Waals surface area contributed by atoms with Gasteiger partial charge in [0.2, 0.25) is 0 Å². The maximum Gasteiger partial charge on any atom is 0.419 e. The highest BCUT2D eigenvalue weighted by molar-refractivity contribution is 7.92. The van der Waals surface area contributed by atoms with Crippen molar-refractivity contribution in [3.05, 3.63) is 65.5 Å². The number of sulfonamides is 1. The van der Waals surface area contributed by atoms with E-state index < -0.39 is 33.5 Å². The molecule has 2 rings (SSSR count). The van der Waals surface area contributed by atoms with Crippen LogP contribution in [-0.4, -0.2) is 26.5 Å². The van der Waals surface area contributed by atoms with Crippen molar-refractivity contribution in [2.45, 2.75) is 11.1 Å². The van der Waals surface area contributed by atoms with E-state index in [2.05, 4.69) is 0 Å². The van der Waals surface area contributed by atoms with Crippen molar-refractivity contribution >= 4 is 27.8 Å². The van der Waals surface area contributed by atoms with Gasteiger partial charge in [0.15, 0.2) is 0 Å². The van der Waals surface area contributed by atoms with Crippen LogP contribution in [0.2, 0.25) is 0 Å². The molecule has 27 heavy (non-hydrogen) atoms. The second-order valence-corrected chi connectivity index (χ2v) is 7.34. The molecule has 2 aromatic rings. The molecule has 0 bridgehead atoms. The van der Waals surface area contributed by atoms with Crippen LogP contribution in [0.4, 0.5) is 23.2 Å². The molecule has 5 nitrogen and oxygen atoms in total. The molecule has 0 amide bonds. The molecule has 0 aliphatic heterocycles. The van der Waals surface area contributed by atoms with Gasteiger partial charge in [-0.05, 0) is 42.0 Å². The van der Waals surface area contributed by atoms with Gasteiger partial charge in [0.05, 0.1) is 16.1 Å². The molecule has 0 radical (unpaired) electrons. The lowest BCUT2D eigenvalue weighted by molar-refractivity contribution is -0.140. The highest BCUT2D eigenvalue weighted by atomic mass is 32.2. The van der Waals surface area contributed by atoms with Crippen molar-refractivity contribution in [2.75, 3.05) is 11.4 Å². The highest BCUT2D eigenvalue weighted by Gasteiger charge is 2.35. The van der Waals surface area contributed by atoms with Gasteiger partial charge in [-0.15, -0.1) is 0 Å². The molecule has 0 unspecified atom stereocenters. The predicted octanol–water partition coefficient (Wildman–Crippen LogP) is 3.77. The summed E-state index contributed by atoms with van der Waals surface area (Å²) in [5, 5.41) is 8.56. The zero-order chi connectivity index (χ0) is 20.4. The van der Waals surface area contributed by atoms with Crippen LogP contribution >= 0.6 is 0 Å². The number of aliphatic carboxylic acids is 1. The molecule has 0 fully saturated rings. The Morgan fingerprint density at radius 3 is 2.22 bits per heavy atom. The first-order valence-electron chi connectivity index (χ1n) is 7.29. The van der Waals surface area contributed by atoms with E-state index in [1.165, 1.54) is 30.3 Å². The smallest absolute Gasteiger partial charge is 0.419 e. The Kier molecular flexibility index (Phi) is 5.59.